The average molecular weight is 349 g/mol. The predicted molar refractivity (Wildman–Crippen MR) is 76.8 cm³/mol. The Kier molecular flexibility index (Phi) is 4.92. The van der Waals surface area contributed by atoms with Gasteiger partial charge in [-0.25, -0.2) is 0 Å². The van der Waals surface area contributed by atoms with Crippen molar-refractivity contribution < 1.29 is 28.1 Å². The summed E-state index contributed by atoms with van der Waals surface area (Å²) in [6.45, 7) is 0.279. The maximum absolute atomic E-state index is 12.9. The maximum atomic E-state index is 12.9. The van der Waals surface area contributed by atoms with Crippen LogP contribution < -0.4 is 4.90 Å². The zero-order valence-corrected chi connectivity index (χ0v) is 12.3. The summed E-state index contributed by atoms with van der Waals surface area (Å²) in [5.74, 6) is -0.0335. The first-order valence-electron chi connectivity index (χ1n) is 7.05. The molecule has 1 aliphatic rings. The van der Waals surface area contributed by atoms with Crippen LogP contribution in [0.5, 0.6) is 0 Å². The van der Waals surface area contributed by atoms with Gasteiger partial charge in [-0.2, -0.15) is 13.2 Å². The summed E-state index contributed by atoms with van der Waals surface area (Å²) in [7, 11) is 0. The highest BCUT2D eigenvalue weighted by molar-refractivity contribution is 5.76. The highest BCUT2D eigenvalue weighted by atomic mass is 19.4. The quantitative estimate of drug-likeness (QED) is 0.661. The standard InChI is InChI=1S/C13H14F3N3O5/c14-13(15,16)9-5-10(18(21)22)12(11(6-9)19(23)24)17-3-1-8(7-20)2-4-17/h5-6,8,20H,1-4,7H2. The predicted octanol–water partition coefficient (Wildman–Crippen LogP) is 2.73. The van der Waals surface area contributed by atoms with Gasteiger partial charge in [-0.3, -0.25) is 20.2 Å². The molecule has 1 N–H and O–H groups in total. The Morgan fingerprint density at radius 2 is 1.58 bits per heavy atom. The van der Waals surface area contributed by atoms with Crippen molar-refractivity contribution >= 4 is 17.1 Å². The molecule has 0 aromatic heterocycles. The van der Waals surface area contributed by atoms with Crippen LogP contribution in [0.3, 0.4) is 0 Å². The number of benzene rings is 1. The van der Waals surface area contributed by atoms with Crippen LogP contribution in [0.4, 0.5) is 30.2 Å². The molecule has 24 heavy (non-hydrogen) atoms. The summed E-state index contributed by atoms with van der Waals surface area (Å²) < 4.78 is 38.6. The number of nitro benzene ring substituents is 2. The monoisotopic (exact) mass is 349 g/mol. The Bertz CT molecular complexity index is 622. The van der Waals surface area contributed by atoms with Crippen LogP contribution in [-0.4, -0.2) is 34.6 Å². The van der Waals surface area contributed by atoms with E-state index in [9.17, 15) is 33.4 Å². The molecule has 0 amide bonds. The van der Waals surface area contributed by atoms with Gasteiger partial charge in [0.1, 0.15) is 0 Å². The first-order chi connectivity index (χ1) is 11.1. The molecular formula is C13H14F3N3O5. The molecule has 1 fully saturated rings. The van der Waals surface area contributed by atoms with Crippen LogP contribution in [0.15, 0.2) is 12.1 Å². The molecule has 132 valence electrons. The van der Waals surface area contributed by atoms with E-state index in [0.29, 0.717) is 25.0 Å². The fraction of sp³-hybridized carbons (Fsp3) is 0.538. The molecule has 0 saturated carbocycles. The number of hydrogen-bond donors (Lipinski definition) is 1. The van der Waals surface area contributed by atoms with E-state index in [-0.39, 0.29) is 25.6 Å². The number of piperidine rings is 1. The molecule has 0 aliphatic carbocycles. The van der Waals surface area contributed by atoms with E-state index in [4.69, 9.17) is 5.11 Å². The first-order valence-corrected chi connectivity index (χ1v) is 7.05. The third-order valence-electron chi connectivity index (χ3n) is 3.98. The van der Waals surface area contributed by atoms with Gasteiger partial charge in [0.05, 0.1) is 15.4 Å². The van der Waals surface area contributed by atoms with Crippen molar-refractivity contribution in [2.24, 2.45) is 5.92 Å². The summed E-state index contributed by atoms with van der Waals surface area (Å²) >= 11 is 0. The Morgan fingerprint density at radius 3 is 1.92 bits per heavy atom. The van der Waals surface area contributed by atoms with Crippen molar-refractivity contribution in [2.75, 3.05) is 24.6 Å². The fourth-order valence-electron chi connectivity index (χ4n) is 2.71. The van der Waals surface area contributed by atoms with Gasteiger partial charge in [0.15, 0.2) is 5.69 Å². The molecule has 0 radical (unpaired) electrons. The summed E-state index contributed by atoms with van der Waals surface area (Å²) in [6.07, 6.45) is -4.06. The molecule has 2 rings (SSSR count). The molecule has 1 aromatic carbocycles. The van der Waals surface area contributed by atoms with Crippen LogP contribution in [0, 0.1) is 26.1 Å². The molecule has 11 heteroatoms. The van der Waals surface area contributed by atoms with E-state index in [1.807, 2.05) is 0 Å². The van der Waals surface area contributed by atoms with Gasteiger partial charge >= 0.3 is 6.18 Å². The minimum Gasteiger partial charge on any atom is -0.396 e. The van der Waals surface area contributed by atoms with Crippen LogP contribution in [0.25, 0.3) is 0 Å². The zero-order valence-electron chi connectivity index (χ0n) is 12.3. The lowest BCUT2D eigenvalue weighted by Gasteiger charge is -2.32. The van der Waals surface area contributed by atoms with Crippen LogP contribution >= 0.6 is 0 Å². The number of rotatable bonds is 4. The highest BCUT2D eigenvalue weighted by Crippen LogP contribution is 2.44. The second-order valence-corrected chi connectivity index (χ2v) is 5.49. The molecule has 0 bridgehead atoms. The number of alkyl halides is 3. The lowest BCUT2D eigenvalue weighted by atomic mass is 9.96. The molecule has 1 heterocycles. The molecular weight excluding hydrogens is 335 g/mol. The SMILES string of the molecule is O=[N+]([O-])c1cc(C(F)(F)F)cc([N+](=O)[O-])c1N1CCC(CO)CC1. The number of nitro groups is 2. The van der Waals surface area contributed by atoms with E-state index in [2.05, 4.69) is 0 Å². The molecule has 0 atom stereocenters. The van der Waals surface area contributed by atoms with Crippen molar-refractivity contribution in [3.05, 3.63) is 37.9 Å². The van der Waals surface area contributed by atoms with Gasteiger partial charge in [-0.15, -0.1) is 0 Å². The lowest BCUT2D eigenvalue weighted by Crippen LogP contribution is -2.35. The Morgan fingerprint density at radius 1 is 1.12 bits per heavy atom. The van der Waals surface area contributed by atoms with Crippen molar-refractivity contribution in [1.29, 1.82) is 0 Å². The Labute approximate surface area is 133 Å². The smallest absolute Gasteiger partial charge is 0.396 e. The molecule has 1 aliphatic heterocycles. The van der Waals surface area contributed by atoms with Crippen LogP contribution in [0.2, 0.25) is 0 Å². The highest BCUT2D eigenvalue weighted by Gasteiger charge is 2.39. The van der Waals surface area contributed by atoms with E-state index >= 15 is 0 Å². The van der Waals surface area contributed by atoms with Crippen LogP contribution in [0.1, 0.15) is 18.4 Å². The van der Waals surface area contributed by atoms with E-state index in [1.165, 1.54) is 4.90 Å². The largest absolute Gasteiger partial charge is 0.416 e. The molecule has 1 aromatic rings. The second kappa shape index (κ2) is 6.59. The Hall–Kier alpha value is -2.43. The third kappa shape index (κ3) is 3.55. The van der Waals surface area contributed by atoms with Crippen molar-refractivity contribution in [1.82, 2.24) is 0 Å². The third-order valence-corrected chi connectivity index (χ3v) is 3.98. The van der Waals surface area contributed by atoms with Gasteiger partial charge in [-0.05, 0) is 18.8 Å². The average Bonchev–Trinajstić information content (AvgIpc) is 2.52. The fourth-order valence-corrected chi connectivity index (χ4v) is 2.71. The van der Waals surface area contributed by atoms with Crippen molar-refractivity contribution in [3.63, 3.8) is 0 Å². The van der Waals surface area contributed by atoms with Gasteiger partial charge in [0.2, 0.25) is 0 Å². The maximum Gasteiger partial charge on any atom is 0.416 e. The molecule has 0 spiro atoms. The number of hydrogen-bond acceptors (Lipinski definition) is 6. The minimum absolute atomic E-state index is 0.0335. The van der Waals surface area contributed by atoms with Crippen LogP contribution in [-0.2, 0) is 6.18 Å². The summed E-state index contributed by atoms with van der Waals surface area (Å²) in [5.41, 5.74) is -3.75. The van der Waals surface area contributed by atoms with E-state index in [1.54, 1.807) is 0 Å². The van der Waals surface area contributed by atoms with Gasteiger partial charge in [0, 0.05) is 31.8 Å². The van der Waals surface area contributed by atoms with Gasteiger partial charge in [0.25, 0.3) is 11.4 Å². The Balaban J connectivity index is 2.56. The molecule has 0 unspecified atom stereocenters. The number of halogens is 3. The van der Waals surface area contributed by atoms with E-state index < -0.39 is 38.6 Å². The number of nitrogens with zero attached hydrogens (tertiary/aromatic N) is 3. The normalized spacial score (nSPS) is 16.2. The van der Waals surface area contributed by atoms with Gasteiger partial charge in [-0.1, -0.05) is 0 Å². The molecule has 1 saturated heterocycles. The van der Waals surface area contributed by atoms with Crippen molar-refractivity contribution in [2.45, 2.75) is 19.0 Å². The lowest BCUT2D eigenvalue weighted by molar-refractivity contribution is -0.393. The molecule has 8 nitrogen and oxygen atoms in total. The number of aliphatic hydroxyl groups excluding tert-OH is 1. The minimum atomic E-state index is -4.93. The van der Waals surface area contributed by atoms with Gasteiger partial charge < -0.3 is 10.0 Å². The summed E-state index contributed by atoms with van der Waals surface area (Å²) in [6, 6.07) is 0.640. The topological polar surface area (TPSA) is 110 Å². The summed E-state index contributed by atoms with van der Waals surface area (Å²) in [5, 5.41) is 31.5. The summed E-state index contributed by atoms with van der Waals surface area (Å²) in [4.78, 5) is 21.6. The van der Waals surface area contributed by atoms with E-state index in [0.717, 1.165) is 0 Å². The van der Waals surface area contributed by atoms with Crippen molar-refractivity contribution in [3.8, 4) is 0 Å². The zero-order chi connectivity index (χ0) is 18.1. The number of anilines is 1. The first kappa shape index (κ1) is 17.9. The second-order valence-electron chi connectivity index (χ2n) is 5.49. The number of aliphatic hydroxyl groups is 1.